The molecule has 2 aromatic carbocycles. The number of aliphatic carboxylic acids is 2. The number of carbonyl (C=O) groups is 2. The zero-order valence-electron chi connectivity index (χ0n) is 20.1. The van der Waals surface area contributed by atoms with Gasteiger partial charge < -0.3 is 15.5 Å². The fourth-order valence-electron chi connectivity index (χ4n) is 5.77. The second-order valence-corrected chi connectivity index (χ2v) is 9.23. The number of para-hydroxylation sites is 1. The molecule has 3 N–H and O–H groups in total. The summed E-state index contributed by atoms with van der Waals surface area (Å²) in [4.78, 5) is 37.6. The second kappa shape index (κ2) is 10.7. The first-order chi connectivity index (χ1) is 17.1. The van der Waals surface area contributed by atoms with E-state index in [4.69, 9.17) is 0 Å². The molecule has 0 saturated carbocycles. The van der Waals surface area contributed by atoms with Gasteiger partial charge in [0, 0.05) is 36.1 Å². The van der Waals surface area contributed by atoms with E-state index in [1.807, 2.05) is 36.4 Å². The standard InChI is InChI=1S/C27H29N3O6/c1-18-26(24(31)32,15-8-12-20-10-4-3-5-11-20)23(21-13-6-7-14-22(21)30(35)36)27(25(33)34,16-9-17-28)19(2)29-18/h3-8,10-14,18-19,23,29H,9,15-16H2,1-2H3,(H,31,32)(H,33,34). The summed E-state index contributed by atoms with van der Waals surface area (Å²) in [5, 5.41) is 45.9. The summed E-state index contributed by atoms with van der Waals surface area (Å²) < 4.78 is 0. The lowest BCUT2D eigenvalue weighted by atomic mass is 9.49. The highest BCUT2D eigenvalue weighted by Crippen LogP contribution is 2.60. The maximum atomic E-state index is 13.2. The minimum absolute atomic E-state index is 0.0403. The Hall–Kier alpha value is -4.03. The summed E-state index contributed by atoms with van der Waals surface area (Å²) in [6.07, 6.45) is 3.02. The van der Waals surface area contributed by atoms with Gasteiger partial charge >= 0.3 is 11.9 Å². The molecule has 1 saturated heterocycles. The molecule has 36 heavy (non-hydrogen) atoms. The fraction of sp³-hybridized carbons (Fsp3) is 0.370. The van der Waals surface area contributed by atoms with Crippen molar-refractivity contribution < 1.29 is 24.7 Å². The fourth-order valence-corrected chi connectivity index (χ4v) is 5.77. The third-order valence-electron chi connectivity index (χ3n) is 7.53. The molecule has 0 spiro atoms. The Bertz CT molecular complexity index is 1210. The highest BCUT2D eigenvalue weighted by atomic mass is 16.6. The van der Waals surface area contributed by atoms with Gasteiger partial charge in [-0.2, -0.15) is 5.26 Å². The number of rotatable bonds is 9. The van der Waals surface area contributed by atoms with Gasteiger partial charge in [0.2, 0.25) is 0 Å². The van der Waals surface area contributed by atoms with E-state index < -0.39 is 45.7 Å². The van der Waals surface area contributed by atoms with Crippen LogP contribution in [0.25, 0.3) is 6.08 Å². The molecule has 1 heterocycles. The molecule has 0 bridgehead atoms. The van der Waals surface area contributed by atoms with E-state index in [-0.39, 0.29) is 30.5 Å². The summed E-state index contributed by atoms with van der Waals surface area (Å²) >= 11 is 0. The van der Waals surface area contributed by atoms with Crippen LogP contribution in [0.2, 0.25) is 0 Å². The number of nitro benzene ring substituents is 1. The first-order valence-corrected chi connectivity index (χ1v) is 11.7. The van der Waals surface area contributed by atoms with Crippen LogP contribution in [0.1, 0.15) is 50.2 Å². The van der Waals surface area contributed by atoms with E-state index in [0.717, 1.165) is 5.56 Å². The SMILES string of the molecule is CC1NC(C)C(CCC#N)(C(=O)O)C(c2ccccc2[N+](=O)[O-])C1(CC=Cc1ccccc1)C(=O)O. The molecule has 0 aliphatic carbocycles. The van der Waals surface area contributed by atoms with Gasteiger partial charge in [0.05, 0.1) is 21.8 Å². The topological polar surface area (TPSA) is 154 Å². The monoisotopic (exact) mass is 491 g/mol. The summed E-state index contributed by atoms with van der Waals surface area (Å²) in [5.41, 5.74) is -3.04. The zero-order chi connectivity index (χ0) is 26.5. The Morgan fingerprint density at radius 1 is 1.06 bits per heavy atom. The number of allylic oxidation sites excluding steroid dienone is 1. The van der Waals surface area contributed by atoms with Crippen molar-refractivity contribution in [3.05, 3.63) is 81.9 Å². The van der Waals surface area contributed by atoms with Crippen molar-refractivity contribution in [2.45, 2.75) is 51.1 Å². The van der Waals surface area contributed by atoms with Crippen LogP contribution in [0.4, 0.5) is 5.69 Å². The smallest absolute Gasteiger partial charge is 0.312 e. The number of piperidine rings is 1. The van der Waals surface area contributed by atoms with Crippen LogP contribution >= 0.6 is 0 Å². The van der Waals surface area contributed by atoms with Crippen molar-refractivity contribution in [1.29, 1.82) is 5.26 Å². The number of nitro groups is 1. The number of hydrogen-bond donors (Lipinski definition) is 3. The van der Waals surface area contributed by atoms with Crippen molar-refractivity contribution in [2.24, 2.45) is 10.8 Å². The molecule has 5 atom stereocenters. The lowest BCUT2D eigenvalue weighted by Gasteiger charge is -2.57. The van der Waals surface area contributed by atoms with Gasteiger partial charge in [0.15, 0.2) is 0 Å². The Balaban J connectivity index is 2.35. The van der Waals surface area contributed by atoms with E-state index in [1.165, 1.54) is 18.2 Å². The first kappa shape index (κ1) is 26.6. The number of nitriles is 1. The van der Waals surface area contributed by atoms with Gasteiger partial charge in [0.25, 0.3) is 5.69 Å². The van der Waals surface area contributed by atoms with Crippen molar-refractivity contribution in [2.75, 3.05) is 0 Å². The molecule has 1 fully saturated rings. The summed E-state index contributed by atoms with van der Waals surface area (Å²) in [6.45, 7) is 3.30. The second-order valence-electron chi connectivity index (χ2n) is 9.23. The summed E-state index contributed by atoms with van der Waals surface area (Å²) in [6, 6.07) is 15.4. The van der Waals surface area contributed by atoms with Crippen LogP contribution in [0, 0.1) is 32.3 Å². The number of benzene rings is 2. The van der Waals surface area contributed by atoms with Crippen LogP contribution in [0.5, 0.6) is 0 Å². The highest BCUT2D eigenvalue weighted by molar-refractivity contribution is 5.85. The zero-order valence-corrected chi connectivity index (χ0v) is 20.1. The van der Waals surface area contributed by atoms with Crippen LogP contribution in [-0.2, 0) is 9.59 Å². The van der Waals surface area contributed by atoms with E-state index in [0.29, 0.717) is 0 Å². The van der Waals surface area contributed by atoms with E-state index in [9.17, 15) is 35.2 Å². The number of carboxylic acid groups (broad SMARTS) is 2. The molecule has 1 aliphatic rings. The average molecular weight is 492 g/mol. The molecular formula is C27H29N3O6. The quantitative estimate of drug-likeness (QED) is 0.339. The molecule has 0 amide bonds. The number of carboxylic acids is 2. The van der Waals surface area contributed by atoms with Crippen molar-refractivity contribution in [3.8, 4) is 6.07 Å². The molecule has 9 heteroatoms. The molecule has 0 aromatic heterocycles. The van der Waals surface area contributed by atoms with Crippen LogP contribution in [-0.4, -0.2) is 39.2 Å². The number of nitrogens with zero attached hydrogens (tertiary/aromatic N) is 2. The maximum Gasteiger partial charge on any atom is 0.312 e. The lowest BCUT2D eigenvalue weighted by Crippen LogP contribution is -2.69. The van der Waals surface area contributed by atoms with Crippen molar-refractivity contribution in [3.63, 3.8) is 0 Å². The normalized spacial score (nSPS) is 27.9. The minimum atomic E-state index is -1.80. The molecule has 9 nitrogen and oxygen atoms in total. The van der Waals surface area contributed by atoms with Crippen LogP contribution in [0.15, 0.2) is 60.7 Å². The number of hydrogen-bond acceptors (Lipinski definition) is 6. The van der Waals surface area contributed by atoms with E-state index in [1.54, 1.807) is 32.1 Å². The van der Waals surface area contributed by atoms with E-state index in [2.05, 4.69) is 5.32 Å². The first-order valence-electron chi connectivity index (χ1n) is 11.7. The van der Waals surface area contributed by atoms with Gasteiger partial charge in [-0.25, -0.2) is 0 Å². The Morgan fingerprint density at radius 2 is 1.64 bits per heavy atom. The Kier molecular flexibility index (Phi) is 7.90. The molecule has 2 aromatic rings. The minimum Gasteiger partial charge on any atom is -0.481 e. The third-order valence-corrected chi connectivity index (χ3v) is 7.53. The summed E-state index contributed by atoms with van der Waals surface area (Å²) in [7, 11) is 0. The molecule has 3 rings (SSSR count). The lowest BCUT2D eigenvalue weighted by molar-refractivity contribution is -0.386. The van der Waals surface area contributed by atoms with Crippen LogP contribution < -0.4 is 5.32 Å². The van der Waals surface area contributed by atoms with Crippen molar-refractivity contribution in [1.82, 2.24) is 5.32 Å². The van der Waals surface area contributed by atoms with Crippen molar-refractivity contribution >= 4 is 23.7 Å². The van der Waals surface area contributed by atoms with Crippen LogP contribution in [0.3, 0.4) is 0 Å². The molecule has 188 valence electrons. The number of nitrogens with one attached hydrogen (secondary N) is 1. The van der Waals surface area contributed by atoms with Gasteiger partial charge in [-0.3, -0.25) is 19.7 Å². The predicted octanol–water partition coefficient (Wildman–Crippen LogP) is 4.61. The summed E-state index contributed by atoms with van der Waals surface area (Å²) in [5.74, 6) is -3.87. The highest BCUT2D eigenvalue weighted by Gasteiger charge is 2.67. The van der Waals surface area contributed by atoms with E-state index >= 15 is 0 Å². The molecule has 1 aliphatic heterocycles. The van der Waals surface area contributed by atoms with Gasteiger partial charge in [0.1, 0.15) is 0 Å². The Labute approximate surface area is 209 Å². The third kappa shape index (κ3) is 4.48. The predicted molar refractivity (Wildman–Crippen MR) is 133 cm³/mol. The Morgan fingerprint density at radius 3 is 2.22 bits per heavy atom. The average Bonchev–Trinajstić information content (AvgIpc) is 2.84. The van der Waals surface area contributed by atoms with Gasteiger partial charge in [-0.15, -0.1) is 0 Å². The molecule has 0 radical (unpaired) electrons. The molecule has 5 unspecified atom stereocenters. The molecular weight excluding hydrogens is 462 g/mol. The van der Waals surface area contributed by atoms with Gasteiger partial charge in [-0.05, 0) is 32.3 Å². The largest absolute Gasteiger partial charge is 0.481 e. The van der Waals surface area contributed by atoms with Gasteiger partial charge in [-0.1, -0.05) is 60.7 Å². The maximum absolute atomic E-state index is 13.2.